The summed E-state index contributed by atoms with van der Waals surface area (Å²) in [6.07, 6.45) is 3.31. The predicted octanol–water partition coefficient (Wildman–Crippen LogP) is 1.79. The zero-order chi connectivity index (χ0) is 10.1. The molecule has 0 fully saturated rings. The van der Waals surface area contributed by atoms with E-state index in [0.29, 0.717) is 9.73 Å². The van der Waals surface area contributed by atoms with Crippen molar-refractivity contribution in [2.75, 3.05) is 0 Å². The summed E-state index contributed by atoms with van der Waals surface area (Å²) in [6, 6.07) is 1.75. The summed E-state index contributed by atoms with van der Waals surface area (Å²) in [6.45, 7) is 0. The Labute approximate surface area is 91.1 Å². The molecule has 2 heterocycles. The lowest BCUT2D eigenvalue weighted by atomic mass is 10.6. The van der Waals surface area contributed by atoms with Crippen molar-refractivity contribution < 1.29 is 9.90 Å². The lowest BCUT2D eigenvalue weighted by Crippen LogP contribution is -1.92. The molecular weight excluding hydrogens is 270 g/mol. The van der Waals surface area contributed by atoms with Gasteiger partial charge in [0.25, 0.3) is 0 Å². The number of aromatic nitrogens is 3. The Morgan fingerprint density at radius 2 is 2.43 bits per heavy atom. The second kappa shape index (κ2) is 3.50. The van der Waals surface area contributed by atoms with Gasteiger partial charge in [-0.15, -0.1) is 0 Å². The van der Waals surface area contributed by atoms with E-state index in [0.717, 1.165) is 11.3 Å². The second-order valence-electron chi connectivity index (χ2n) is 2.37. The van der Waals surface area contributed by atoms with Gasteiger partial charge in [0.15, 0.2) is 0 Å². The van der Waals surface area contributed by atoms with Crippen molar-refractivity contribution in [1.29, 1.82) is 0 Å². The molecule has 0 unspecified atom stereocenters. The van der Waals surface area contributed by atoms with Gasteiger partial charge >= 0.3 is 5.97 Å². The van der Waals surface area contributed by atoms with Crippen LogP contribution in [0.15, 0.2) is 23.1 Å². The van der Waals surface area contributed by atoms with E-state index in [9.17, 15) is 4.79 Å². The Morgan fingerprint density at radius 3 is 2.93 bits per heavy atom. The Balaban J connectivity index is 2.48. The Bertz CT molecular complexity index is 465. The summed E-state index contributed by atoms with van der Waals surface area (Å²) >= 11 is 4.15. The molecule has 2 aromatic rings. The predicted molar refractivity (Wildman–Crippen MR) is 53.9 cm³/mol. The molecule has 1 N–H and O–H groups in total. The summed E-state index contributed by atoms with van der Waals surface area (Å²) in [5, 5.41) is 13.3. The standard InChI is InChI=1S/C7H4BrN3O2S/c8-5-4(6(12)13)14-7(10-5)11-3-1-2-9-11/h1-3H,(H,12,13). The van der Waals surface area contributed by atoms with Crippen molar-refractivity contribution in [2.24, 2.45) is 0 Å². The minimum Gasteiger partial charge on any atom is -0.477 e. The van der Waals surface area contributed by atoms with Crippen LogP contribution in [-0.2, 0) is 0 Å². The van der Waals surface area contributed by atoms with Crippen LogP contribution in [0, 0.1) is 0 Å². The van der Waals surface area contributed by atoms with E-state index in [2.05, 4.69) is 26.0 Å². The maximum Gasteiger partial charge on any atom is 0.348 e. The summed E-state index contributed by atoms with van der Waals surface area (Å²) in [4.78, 5) is 14.9. The Morgan fingerprint density at radius 1 is 1.64 bits per heavy atom. The van der Waals surface area contributed by atoms with E-state index in [1.807, 2.05) is 0 Å². The number of hydrogen-bond acceptors (Lipinski definition) is 4. The molecule has 7 heteroatoms. The molecule has 14 heavy (non-hydrogen) atoms. The van der Waals surface area contributed by atoms with Gasteiger partial charge in [0.1, 0.15) is 9.48 Å². The van der Waals surface area contributed by atoms with Crippen LogP contribution >= 0.6 is 27.3 Å². The molecule has 72 valence electrons. The molecule has 0 radical (unpaired) electrons. The highest BCUT2D eigenvalue weighted by molar-refractivity contribution is 9.10. The fourth-order valence-corrected chi connectivity index (χ4v) is 2.34. The van der Waals surface area contributed by atoms with E-state index in [-0.39, 0.29) is 4.88 Å². The molecule has 0 saturated carbocycles. The van der Waals surface area contributed by atoms with Crippen LogP contribution in [0.25, 0.3) is 5.13 Å². The van der Waals surface area contributed by atoms with Crippen LogP contribution in [-0.4, -0.2) is 25.8 Å². The van der Waals surface area contributed by atoms with Crippen molar-refractivity contribution >= 4 is 33.2 Å². The second-order valence-corrected chi connectivity index (χ2v) is 4.10. The van der Waals surface area contributed by atoms with Crippen molar-refractivity contribution in [3.05, 3.63) is 27.9 Å². The molecule has 0 atom stereocenters. The van der Waals surface area contributed by atoms with Crippen LogP contribution in [0.1, 0.15) is 9.67 Å². The van der Waals surface area contributed by atoms with Gasteiger partial charge in [0.05, 0.1) is 0 Å². The van der Waals surface area contributed by atoms with Gasteiger partial charge in [-0.05, 0) is 22.0 Å². The lowest BCUT2D eigenvalue weighted by molar-refractivity contribution is 0.0701. The molecule has 2 aromatic heterocycles. The van der Waals surface area contributed by atoms with E-state index in [4.69, 9.17) is 5.11 Å². The van der Waals surface area contributed by atoms with Crippen LogP contribution < -0.4 is 0 Å². The number of hydrogen-bond donors (Lipinski definition) is 1. The van der Waals surface area contributed by atoms with Crippen LogP contribution in [0.2, 0.25) is 0 Å². The first kappa shape index (κ1) is 9.35. The van der Waals surface area contributed by atoms with Gasteiger partial charge in [-0.3, -0.25) is 0 Å². The average Bonchev–Trinajstić information content (AvgIpc) is 2.70. The first-order valence-electron chi connectivity index (χ1n) is 3.58. The van der Waals surface area contributed by atoms with Gasteiger partial charge in [-0.25, -0.2) is 14.5 Å². The summed E-state index contributed by atoms with van der Waals surface area (Å²) in [7, 11) is 0. The van der Waals surface area contributed by atoms with Crippen molar-refractivity contribution in [3.8, 4) is 5.13 Å². The first-order valence-corrected chi connectivity index (χ1v) is 5.19. The number of carbonyl (C=O) groups is 1. The van der Waals surface area contributed by atoms with Gasteiger partial charge < -0.3 is 5.11 Å². The zero-order valence-electron chi connectivity index (χ0n) is 6.72. The highest BCUT2D eigenvalue weighted by Crippen LogP contribution is 2.25. The number of thiazole rings is 1. The molecule has 0 spiro atoms. The van der Waals surface area contributed by atoms with Gasteiger partial charge in [0, 0.05) is 12.4 Å². The van der Waals surface area contributed by atoms with E-state index < -0.39 is 5.97 Å². The fraction of sp³-hybridized carbons (Fsp3) is 0. The van der Waals surface area contributed by atoms with Crippen LogP contribution in [0.4, 0.5) is 0 Å². The van der Waals surface area contributed by atoms with Gasteiger partial charge in [-0.1, -0.05) is 11.3 Å². The Hall–Kier alpha value is -1.21. The number of rotatable bonds is 2. The fourth-order valence-electron chi connectivity index (χ4n) is 0.903. The maximum atomic E-state index is 10.7. The lowest BCUT2D eigenvalue weighted by Gasteiger charge is -1.90. The van der Waals surface area contributed by atoms with E-state index >= 15 is 0 Å². The van der Waals surface area contributed by atoms with Crippen molar-refractivity contribution in [3.63, 3.8) is 0 Å². The normalized spacial score (nSPS) is 10.4. The monoisotopic (exact) mass is 273 g/mol. The molecule has 0 amide bonds. The molecule has 0 aromatic carbocycles. The summed E-state index contributed by atoms with van der Waals surface area (Å²) in [5.41, 5.74) is 0. The highest BCUT2D eigenvalue weighted by Gasteiger charge is 2.15. The zero-order valence-corrected chi connectivity index (χ0v) is 9.12. The third-order valence-corrected chi connectivity index (χ3v) is 3.34. The van der Waals surface area contributed by atoms with Crippen LogP contribution in [0.3, 0.4) is 0 Å². The third-order valence-electron chi connectivity index (χ3n) is 1.47. The molecule has 0 aliphatic heterocycles. The topological polar surface area (TPSA) is 68.0 Å². The molecule has 0 saturated heterocycles. The Kier molecular flexibility index (Phi) is 2.34. The smallest absolute Gasteiger partial charge is 0.348 e. The summed E-state index contributed by atoms with van der Waals surface area (Å²) in [5.74, 6) is -0.993. The van der Waals surface area contributed by atoms with Gasteiger partial charge in [0.2, 0.25) is 5.13 Å². The third kappa shape index (κ3) is 1.55. The largest absolute Gasteiger partial charge is 0.477 e. The quantitative estimate of drug-likeness (QED) is 0.906. The van der Waals surface area contributed by atoms with E-state index in [1.54, 1.807) is 18.5 Å². The minimum absolute atomic E-state index is 0.176. The molecule has 2 rings (SSSR count). The van der Waals surface area contributed by atoms with Gasteiger partial charge in [-0.2, -0.15) is 5.10 Å². The first-order chi connectivity index (χ1) is 6.68. The molecule has 0 aliphatic carbocycles. The molecule has 5 nitrogen and oxygen atoms in total. The number of halogens is 1. The number of carboxylic acid groups (broad SMARTS) is 1. The minimum atomic E-state index is -0.993. The maximum absolute atomic E-state index is 10.7. The summed E-state index contributed by atoms with van der Waals surface area (Å²) < 4.78 is 1.85. The van der Waals surface area contributed by atoms with Crippen molar-refractivity contribution in [2.45, 2.75) is 0 Å². The highest BCUT2D eigenvalue weighted by atomic mass is 79.9. The molecular formula is C7H4BrN3O2S. The SMILES string of the molecule is O=C(O)c1sc(-n2cccn2)nc1Br. The average molecular weight is 274 g/mol. The van der Waals surface area contributed by atoms with Crippen LogP contribution in [0.5, 0.6) is 0 Å². The van der Waals surface area contributed by atoms with E-state index in [1.165, 1.54) is 4.68 Å². The van der Waals surface area contributed by atoms with Crippen molar-refractivity contribution in [1.82, 2.24) is 14.8 Å². The number of aromatic carboxylic acids is 1. The number of nitrogens with zero attached hydrogens (tertiary/aromatic N) is 3. The molecule has 0 bridgehead atoms. The molecule has 0 aliphatic rings. The number of carboxylic acids is 1.